The Hall–Kier alpha value is -5.66. The average molecular weight is 560 g/mol. The van der Waals surface area contributed by atoms with E-state index in [0.29, 0.717) is 0 Å². The van der Waals surface area contributed by atoms with Gasteiger partial charge in [0, 0.05) is 11.4 Å². The molecular formula is C43H29N. The number of hydrogen-bond acceptors (Lipinski definition) is 1. The second-order valence-electron chi connectivity index (χ2n) is 11.8. The Morgan fingerprint density at radius 1 is 0.432 bits per heavy atom. The van der Waals surface area contributed by atoms with E-state index in [0.717, 1.165) is 16.9 Å². The molecule has 44 heavy (non-hydrogen) atoms. The first-order valence-corrected chi connectivity index (χ1v) is 15.2. The number of allylic oxidation sites excluding steroid dienone is 4. The van der Waals surface area contributed by atoms with Gasteiger partial charge in [-0.25, -0.2) is 0 Å². The molecule has 1 heteroatoms. The van der Waals surface area contributed by atoms with Crippen molar-refractivity contribution in [2.45, 2.75) is 5.41 Å². The third-order valence-electron chi connectivity index (χ3n) is 9.80. The number of rotatable bonds is 4. The van der Waals surface area contributed by atoms with Gasteiger partial charge in [-0.2, -0.15) is 0 Å². The number of fused-ring (bicyclic) bond motifs is 13. The third kappa shape index (κ3) is 3.13. The van der Waals surface area contributed by atoms with Crippen molar-refractivity contribution in [3.63, 3.8) is 0 Å². The van der Waals surface area contributed by atoms with Gasteiger partial charge in [-0.05, 0) is 101 Å². The van der Waals surface area contributed by atoms with Crippen LogP contribution in [0, 0.1) is 0 Å². The molecule has 0 bridgehead atoms. The maximum Gasteiger partial charge on any atom is 0.0726 e. The molecular weight excluding hydrogens is 530 g/mol. The zero-order valence-electron chi connectivity index (χ0n) is 24.3. The Morgan fingerprint density at radius 2 is 0.932 bits per heavy atom. The largest absolute Gasteiger partial charge is 0.355 e. The first kappa shape index (κ1) is 24.9. The molecule has 9 rings (SSSR count). The topological polar surface area (TPSA) is 12.0 Å². The van der Waals surface area contributed by atoms with Gasteiger partial charge in [0.15, 0.2) is 0 Å². The normalized spacial score (nSPS) is 16.4. The smallest absolute Gasteiger partial charge is 0.0726 e. The third-order valence-corrected chi connectivity index (χ3v) is 9.80. The summed E-state index contributed by atoms with van der Waals surface area (Å²) in [6.45, 7) is 8.56. The minimum absolute atomic E-state index is 0.440. The van der Waals surface area contributed by atoms with Crippen LogP contribution in [0.1, 0.15) is 22.3 Å². The Labute approximate surface area is 257 Å². The van der Waals surface area contributed by atoms with E-state index in [1.165, 1.54) is 71.3 Å². The molecule has 1 nitrogen and oxygen atoms in total. The van der Waals surface area contributed by atoms with Crippen LogP contribution in [0.2, 0.25) is 0 Å². The lowest BCUT2D eigenvalue weighted by Gasteiger charge is -2.31. The van der Waals surface area contributed by atoms with E-state index < -0.39 is 5.41 Å². The summed E-state index contributed by atoms with van der Waals surface area (Å²) in [5.41, 5.74) is 11.7. The molecule has 1 spiro atoms. The monoisotopic (exact) mass is 559 g/mol. The molecule has 0 radical (unpaired) electrons. The summed E-state index contributed by atoms with van der Waals surface area (Å²) >= 11 is 0. The van der Waals surface area contributed by atoms with Crippen molar-refractivity contribution in [1.82, 2.24) is 0 Å². The molecule has 0 fully saturated rings. The van der Waals surface area contributed by atoms with Gasteiger partial charge in [-0.1, -0.05) is 135 Å². The van der Waals surface area contributed by atoms with E-state index in [4.69, 9.17) is 0 Å². The molecule has 2 aliphatic carbocycles. The Morgan fingerprint density at radius 3 is 1.59 bits per heavy atom. The van der Waals surface area contributed by atoms with Crippen LogP contribution < -0.4 is 5.32 Å². The van der Waals surface area contributed by atoms with Crippen molar-refractivity contribution >= 4 is 49.3 Å². The second kappa shape index (κ2) is 9.17. The fraction of sp³-hybridized carbons (Fsp3) is 0.0233. The van der Waals surface area contributed by atoms with Crippen LogP contribution in [0.5, 0.6) is 0 Å². The summed E-state index contributed by atoms with van der Waals surface area (Å²) in [4.78, 5) is 0. The molecule has 0 aliphatic heterocycles. The first-order chi connectivity index (χ1) is 21.7. The highest BCUT2D eigenvalue weighted by Crippen LogP contribution is 2.62. The van der Waals surface area contributed by atoms with Crippen LogP contribution in [0.25, 0.3) is 49.0 Å². The molecule has 1 atom stereocenters. The highest BCUT2D eigenvalue weighted by molar-refractivity contribution is 6.25. The summed E-state index contributed by atoms with van der Waals surface area (Å²) in [7, 11) is 0. The fourth-order valence-corrected chi connectivity index (χ4v) is 8.11. The van der Waals surface area contributed by atoms with E-state index in [2.05, 4.69) is 152 Å². The van der Waals surface area contributed by atoms with Gasteiger partial charge in [-0.15, -0.1) is 0 Å². The SMILES string of the molecule is C=CC1=C(C=C)C2(c3ccccc31)c1ccccc1-c1ccc(Nc3ccc4c5ccccc5c5ccccc5c4c3)cc12. The van der Waals surface area contributed by atoms with Gasteiger partial charge in [0.05, 0.1) is 5.41 Å². The number of benzene rings is 7. The lowest BCUT2D eigenvalue weighted by molar-refractivity contribution is 0.787. The highest BCUT2D eigenvalue weighted by atomic mass is 14.9. The van der Waals surface area contributed by atoms with Gasteiger partial charge in [-0.3, -0.25) is 0 Å². The summed E-state index contributed by atoms with van der Waals surface area (Å²) in [5.74, 6) is 0. The van der Waals surface area contributed by atoms with Gasteiger partial charge >= 0.3 is 0 Å². The first-order valence-electron chi connectivity index (χ1n) is 15.2. The molecule has 7 aromatic rings. The van der Waals surface area contributed by atoms with Gasteiger partial charge in [0.2, 0.25) is 0 Å². The van der Waals surface area contributed by atoms with Crippen molar-refractivity contribution < 1.29 is 0 Å². The fourth-order valence-electron chi connectivity index (χ4n) is 8.11. The molecule has 0 aromatic heterocycles. The Kier molecular flexibility index (Phi) is 5.19. The Balaban J connectivity index is 1.25. The van der Waals surface area contributed by atoms with E-state index in [1.54, 1.807) is 0 Å². The van der Waals surface area contributed by atoms with Crippen LogP contribution in [0.4, 0.5) is 11.4 Å². The van der Waals surface area contributed by atoms with Crippen LogP contribution >= 0.6 is 0 Å². The maximum absolute atomic E-state index is 4.33. The summed E-state index contributed by atoms with van der Waals surface area (Å²) in [5, 5.41) is 11.5. The molecule has 0 heterocycles. The van der Waals surface area contributed by atoms with E-state index in [9.17, 15) is 0 Å². The zero-order valence-corrected chi connectivity index (χ0v) is 24.3. The van der Waals surface area contributed by atoms with Crippen molar-refractivity contribution in [3.05, 3.63) is 187 Å². The number of anilines is 2. The van der Waals surface area contributed by atoms with Crippen molar-refractivity contribution in [3.8, 4) is 11.1 Å². The number of hydrogen-bond donors (Lipinski definition) is 1. The molecule has 7 aromatic carbocycles. The number of nitrogens with one attached hydrogen (secondary N) is 1. The van der Waals surface area contributed by atoms with Crippen molar-refractivity contribution in [2.24, 2.45) is 0 Å². The standard InChI is InChI=1S/C43H29N/c1-3-29-35-17-9-11-19-40(35)43(39(29)4-2)41-20-12-10-18-36(41)37-24-22-28(26-42(37)43)44-27-21-23-34-32-15-6-5-13-30(32)31-14-7-8-16-33(31)38(34)25-27/h3-26,44H,1-2H2. The minimum atomic E-state index is -0.440. The second-order valence-corrected chi connectivity index (χ2v) is 11.8. The molecule has 1 N–H and O–H groups in total. The molecule has 0 saturated carbocycles. The van der Waals surface area contributed by atoms with Crippen LogP contribution in [-0.4, -0.2) is 0 Å². The van der Waals surface area contributed by atoms with Crippen LogP contribution in [0.15, 0.2) is 164 Å². The van der Waals surface area contributed by atoms with Crippen molar-refractivity contribution in [2.75, 3.05) is 5.32 Å². The van der Waals surface area contributed by atoms with Gasteiger partial charge in [0.1, 0.15) is 0 Å². The van der Waals surface area contributed by atoms with Crippen molar-refractivity contribution in [1.29, 1.82) is 0 Å². The predicted molar refractivity (Wildman–Crippen MR) is 188 cm³/mol. The predicted octanol–water partition coefficient (Wildman–Crippen LogP) is 11.3. The molecule has 0 amide bonds. The Bertz CT molecular complexity index is 2370. The molecule has 206 valence electrons. The molecule has 2 aliphatic rings. The lowest BCUT2D eigenvalue weighted by Crippen LogP contribution is -2.26. The highest BCUT2D eigenvalue weighted by Gasteiger charge is 2.51. The maximum atomic E-state index is 4.33. The molecule has 1 unspecified atom stereocenters. The van der Waals surface area contributed by atoms with E-state index >= 15 is 0 Å². The summed E-state index contributed by atoms with van der Waals surface area (Å²) in [6, 6.07) is 48.7. The van der Waals surface area contributed by atoms with Crippen LogP contribution in [0.3, 0.4) is 0 Å². The van der Waals surface area contributed by atoms with Gasteiger partial charge in [0.25, 0.3) is 0 Å². The minimum Gasteiger partial charge on any atom is -0.355 e. The van der Waals surface area contributed by atoms with E-state index in [1.807, 2.05) is 12.2 Å². The zero-order chi connectivity index (χ0) is 29.4. The summed E-state index contributed by atoms with van der Waals surface area (Å²) in [6.07, 6.45) is 4.04. The van der Waals surface area contributed by atoms with Gasteiger partial charge < -0.3 is 5.32 Å². The quantitative estimate of drug-likeness (QED) is 0.212. The van der Waals surface area contributed by atoms with E-state index in [-0.39, 0.29) is 0 Å². The summed E-state index contributed by atoms with van der Waals surface area (Å²) < 4.78 is 0. The lowest BCUT2D eigenvalue weighted by atomic mass is 9.69. The van der Waals surface area contributed by atoms with Crippen LogP contribution in [-0.2, 0) is 5.41 Å². The average Bonchev–Trinajstić information content (AvgIpc) is 3.54. The molecule has 0 saturated heterocycles.